The van der Waals surface area contributed by atoms with Gasteiger partial charge in [0.15, 0.2) is 0 Å². The number of hydrogen-bond acceptors (Lipinski definition) is 1. The van der Waals surface area contributed by atoms with Crippen molar-refractivity contribution >= 4 is 0 Å². The smallest absolute Gasteiger partial charge is 0.0991 e. The van der Waals surface area contributed by atoms with Gasteiger partial charge in [-0.05, 0) is 80.4 Å². The second-order valence-electron chi connectivity index (χ2n) is 8.28. The van der Waals surface area contributed by atoms with Gasteiger partial charge >= 0.3 is 0 Å². The summed E-state index contributed by atoms with van der Waals surface area (Å²) in [7, 11) is 0. The molecule has 1 fully saturated rings. The van der Waals surface area contributed by atoms with Crippen molar-refractivity contribution in [1.82, 2.24) is 0 Å². The van der Waals surface area contributed by atoms with Gasteiger partial charge in [0.2, 0.25) is 0 Å². The maximum Gasteiger partial charge on any atom is 0.0991 e. The second kappa shape index (κ2) is 9.23. The Morgan fingerprint density at radius 1 is 0.960 bits per heavy atom. The van der Waals surface area contributed by atoms with E-state index in [1.54, 1.807) is 5.57 Å². The van der Waals surface area contributed by atoms with Crippen LogP contribution in [0.4, 0.5) is 0 Å². The maximum absolute atomic E-state index is 8.88. The lowest BCUT2D eigenvalue weighted by Crippen LogP contribution is -2.23. The molecule has 0 saturated heterocycles. The number of nitriles is 1. The predicted octanol–water partition coefficient (Wildman–Crippen LogP) is 6.82. The van der Waals surface area contributed by atoms with E-state index in [-0.39, 0.29) is 0 Å². The van der Waals surface area contributed by atoms with Crippen molar-refractivity contribution < 1.29 is 0 Å². The van der Waals surface area contributed by atoms with Crippen molar-refractivity contribution in [3.63, 3.8) is 0 Å². The molecule has 1 aromatic rings. The number of aryl methyl sites for hydroxylation is 1. The lowest BCUT2D eigenvalue weighted by atomic mass is 9.70. The molecule has 0 bridgehead atoms. The molecule has 0 radical (unpaired) electrons. The van der Waals surface area contributed by atoms with Crippen LogP contribution in [0.25, 0.3) is 0 Å². The summed E-state index contributed by atoms with van der Waals surface area (Å²) >= 11 is 0. The van der Waals surface area contributed by atoms with E-state index in [0.29, 0.717) is 0 Å². The van der Waals surface area contributed by atoms with Crippen LogP contribution in [0, 0.1) is 29.1 Å². The molecular weight excluding hydrogens is 302 g/mol. The molecule has 0 amide bonds. The quantitative estimate of drug-likeness (QED) is 0.523. The van der Waals surface area contributed by atoms with Gasteiger partial charge in [-0.3, -0.25) is 0 Å². The molecule has 0 N–H and O–H groups in total. The van der Waals surface area contributed by atoms with E-state index in [1.807, 2.05) is 12.1 Å². The molecule has 1 saturated carbocycles. The Bertz CT molecular complexity index is 596. The Morgan fingerprint density at radius 3 is 2.32 bits per heavy atom. The van der Waals surface area contributed by atoms with Crippen LogP contribution >= 0.6 is 0 Å². The summed E-state index contributed by atoms with van der Waals surface area (Å²) in [5, 5.41) is 8.88. The maximum atomic E-state index is 8.88. The van der Waals surface area contributed by atoms with E-state index < -0.39 is 0 Å². The van der Waals surface area contributed by atoms with Gasteiger partial charge in [-0.2, -0.15) is 5.26 Å². The van der Waals surface area contributed by atoms with Crippen LogP contribution in [0.5, 0.6) is 0 Å². The molecule has 1 nitrogen and oxygen atoms in total. The Morgan fingerprint density at radius 2 is 1.72 bits per heavy atom. The van der Waals surface area contributed by atoms with E-state index >= 15 is 0 Å². The van der Waals surface area contributed by atoms with Gasteiger partial charge in [0.1, 0.15) is 0 Å². The summed E-state index contributed by atoms with van der Waals surface area (Å²) in [6.45, 7) is 2.33. The second-order valence-corrected chi connectivity index (χ2v) is 8.28. The summed E-state index contributed by atoms with van der Waals surface area (Å²) < 4.78 is 0. The van der Waals surface area contributed by atoms with E-state index in [1.165, 1.54) is 69.8 Å². The van der Waals surface area contributed by atoms with Crippen LogP contribution in [0.15, 0.2) is 35.9 Å². The van der Waals surface area contributed by atoms with Crippen LogP contribution in [-0.2, 0) is 6.42 Å². The van der Waals surface area contributed by atoms with Crippen LogP contribution in [-0.4, -0.2) is 0 Å². The third-order valence-electron chi connectivity index (χ3n) is 6.62. The number of benzene rings is 1. The SMILES string of the molecule is CCC[C@H]1CC[C@H](C2CC=C(CCc3ccc(C#N)cc3)CC2)CC1. The standard InChI is InChI=1S/C24H33N/c1-2-3-19-10-14-23(15-11-19)24-16-12-21(13-17-24)5-4-20-6-8-22(18-25)9-7-20/h6-9,12,19,23-24H,2-5,10-11,13-17H2,1H3/t19-,23-,24?. The normalized spacial score (nSPS) is 26.7. The minimum atomic E-state index is 0.761. The Hall–Kier alpha value is -1.55. The fraction of sp³-hybridized carbons (Fsp3) is 0.625. The fourth-order valence-electron chi connectivity index (χ4n) is 4.97. The van der Waals surface area contributed by atoms with E-state index in [2.05, 4.69) is 31.2 Å². The van der Waals surface area contributed by atoms with Crippen molar-refractivity contribution in [2.45, 2.75) is 77.6 Å². The summed E-state index contributed by atoms with van der Waals surface area (Å²) in [5.41, 5.74) is 3.79. The van der Waals surface area contributed by atoms with Crippen LogP contribution in [0.2, 0.25) is 0 Å². The summed E-state index contributed by atoms with van der Waals surface area (Å²) in [5.74, 6) is 2.99. The van der Waals surface area contributed by atoms with E-state index in [4.69, 9.17) is 5.26 Å². The molecule has 2 aliphatic rings. The first-order chi connectivity index (χ1) is 12.3. The lowest BCUT2D eigenvalue weighted by molar-refractivity contribution is 0.186. The number of hydrogen-bond donors (Lipinski definition) is 0. The van der Waals surface area contributed by atoms with Crippen molar-refractivity contribution in [1.29, 1.82) is 5.26 Å². The Labute approximate surface area is 154 Å². The van der Waals surface area contributed by atoms with E-state index in [0.717, 1.165) is 29.7 Å². The highest BCUT2D eigenvalue weighted by Gasteiger charge is 2.28. The molecule has 0 heterocycles. The van der Waals surface area contributed by atoms with Crippen LogP contribution in [0.1, 0.15) is 82.3 Å². The molecule has 1 aromatic carbocycles. The van der Waals surface area contributed by atoms with Gasteiger partial charge in [-0.1, -0.05) is 56.4 Å². The van der Waals surface area contributed by atoms with Crippen molar-refractivity contribution in [3.05, 3.63) is 47.0 Å². The topological polar surface area (TPSA) is 23.8 Å². The molecule has 1 heteroatoms. The van der Waals surface area contributed by atoms with Crippen molar-refractivity contribution in [2.75, 3.05) is 0 Å². The molecular formula is C24H33N. The van der Waals surface area contributed by atoms with Crippen LogP contribution < -0.4 is 0 Å². The molecule has 0 aliphatic heterocycles. The molecule has 0 aromatic heterocycles. The van der Waals surface area contributed by atoms with Gasteiger partial charge in [0.05, 0.1) is 11.6 Å². The Balaban J connectivity index is 1.42. The molecule has 134 valence electrons. The highest BCUT2D eigenvalue weighted by atomic mass is 14.3. The van der Waals surface area contributed by atoms with Crippen molar-refractivity contribution in [3.8, 4) is 6.07 Å². The molecule has 1 atom stereocenters. The number of rotatable bonds is 6. The largest absolute Gasteiger partial charge is 0.192 e. The molecule has 25 heavy (non-hydrogen) atoms. The average Bonchev–Trinajstić information content (AvgIpc) is 2.68. The highest BCUT2D eigenvalue weighted by Crippen LogP contribution is 2.41. The van der Waals surface area contributed by atoms with Gasteiger partial charge in [0, 0.05) is 0 Å². The summed E-state index contributed by atoms with van der Waals surface area (Å²) in [6, 6.07) is 10.3. The third kappa shape index (κ3) is 5.21. The highest BCUT2D eigenvalue weighted by molar-refractivity contribution is 5.32. The molecule has 1 unspecified atom stereocenters. The third-order valence-corrected chi connectivity index (χ3v) is 6.62. The average molecular weight is 336 g/mol. The zero-order valence-electron chi connectivity index (χ0n) is 15.8. The molecule has 0 spiro atoms. The first kappa shape index (κ1) is 18.2. The number of allylic oxidation sites excluding steroid dienone is 2. The first-order valence-electron chi connectivity index (χ1n) is 10.5. The predicted molar refractivity (Wildman–Crippen MR) is 105 cm³/mol. The molecule has 2 aliphatic carbocycles. The van der Waals surface area contributed by atoms with E-state index in [9.17, 15) is 0 Å². The Kier molecular flexibility index (Phi) is 6.74. The van der Waals surface area contributed by atoms with Gasteiger partial charge in [-0.15, -0.1) is 0 Å². The van der Waals surface area contributed by atoms with Gasteiger partial charge < -0.3 is 0 Å². The lowest BCUT2D eigenvalue weighted by Gasteiger charge is -2.35. The minimum absolute atomic E-state index is 0.761. The summed E-state index contributed by atoms with van der Waals surface area (Å²) in [6.07, 6.45) is 17.7. The van der Waals surface area contributed by atoms with Crippen LogP contribution in [0.3, 0.4) is 0 Å². The monoisotopic (exact) mass is 335 g/mol. The first-order valence-corrected chi connectivity index (χ1v) is 10.5. The van der Waals surface area contributed by atoms with Crippen molar-refractivity contribution in [2.24, 2.45) is 17.8 Å². The minimum Gasteiger partial charge on any atom is -0.192 e. The van der Waals surface area contributed by atoms with Gasteiger partial charge in [-0.25, -0.2) is 0 Å². The van der Waals surface area contributed by atoms with Gasteiger partial charge in [0.25, 0.3) is 0 Å². The number of nitrogens with zero attached hydrogens (tertiary/aromatic N) is 1. The zero-order chi connectivity index (χ0) is 17.5. The molecule has 3 rings (SSSR count). The fourth-order valence-corrected chi connectivity index (χ4v) is 4.97. The zero-order valence-corrected chi connectivity index (χ0v) is 15.8. The summed E-state index contributed by atoms with van der Waals surface area (Å²) in [4.78, 5) is 0.